The number of rotatable bonds is 1. The third kappa shape index (κ3) is 1.83. The first-order valence-corrected chi connectivity index (χ1v) is 4.13. The highest BCUT2D eigenvalue weighted by Gasteiger charge is 1.98. The summed E-state index contributed by atoms with van der Waals surface area (Å²) in [6, 6.07) is 0. The van der Waals surface area contributed by atoms with Crippen molar-refractivity contribution in [3.63, 3.8) is 0 Å². The van der Waals surface area contributed by atoms with Crippen LogP contribution < -0.4 is 0 Å². The molecule has 0 spiro atoms. The molecule has 1 rings (SSSR count). The van der Waals surface area contributed by atoms with Gasteiger partial charge in [0.1, 0.15) is 0 Å². The van der Waals surface area contributed by atoms with Crippen LogP contribution in [-0.2, 0) is 11.3 Å². The Morgan fingerprint density at radius 1 is 1.30 bits per heavy atom. The summed E-state index contributed by atoms with van der Waals surface area (Å²) in [7, 11) is 0. The van der Waals surface area contributed by atoms with Crippen molar-refractivity contribution in [2.24, 2.45) is 0 Å². The first-order chi connectivity index (χ1) is 4.70. The standard InChI is InChI=1S/C4H5BrN2O2S/c5-6-1-3-7(4-2-6)10(8)9/h1-4H,(H,8,9)/p-1. The van der Waals surface area contributed by atoms with Crippen LogP contribution in [0.15, 0.2) is 24.8 Å². The van der Waals surface area contributed by atoms with Crippen LogP contribution in [0.5, 0.6) is 0 Å². The quantitative estimate of drug-likeness (QED) is 0.485. The average Bonchev–Trinajstić information content (AvgIpc) is 1.88. The van der Waals surface area contributed by atoms with Gasteiger partial charge >= 0.3 is 0 Å². The second-order valence-corrected chi connectivity index (χ2v) is 3.19. The Labute approximate surface area is 69.6 Å². The van der Waals surface area contributed by atoms with Crippen LogP contribution >= 0.6 is 16.1 Å². The predicted molar refractivity (Wildman–Crippen MR) is 39.8 cm³/mol. The highest BCUT2D eigenvalue weighted by molar-refractivity contribution is 9.07. The number of halogens is 1. The topological polar surface area (TPSA) is 46.6 Å². The largest absolute Gasteiger partial charge is 0.755 e. The zero-order valence-corrected chi connectivity index (χ0v) is 7.21. The molecule has 0 radical (unpaired) electrons. The molecule has 0 bridgehead atoms. The Kier molecular flexibility index (Phi) is 2.47. The van der Waals surface area contributed by atoms with Gasteiger partial charge in [0.15, 0.2) is 0 Å². The summed E-state index contributed by atoms with van der Waals surface area (Å²) in [5.74, 6) is 0. The molecule has 0 amide bonds. The van der Waals surface area contributed by atoms with Gasteiger partial charge in [0, 0.05) is 24.8 Å². The molecule has 56 valence electrons. The van der Waals surface area contributed by atoms with E-state index >= 15 is 0 Å². The van der Waals surface area contributed by atoms with Crippen molar-refractivity contribution in [1.29, 1.82) is 0 Å². The van der Waals surface area contributed by atoms with E-state index < -0.39 is 11.3 Å². The normalized spacial score (nSPS) is 19.8. The van der Waals surface area contributed by atoms with Gasteiger partial charge in [-0.1, -0.05) is 0 Å². The molecule has 0 aliphatic carbocycles. The predicted octanol–water partition coefficient (Wildman–Crippen LogP) is 0.650. The summed E-state index contributed by atoms with van der Waals surface area (Å²) in [4.78, 5) is 0. The molecule has 0 N–H and O–H groups in total. The van der Waals surface area contributed by atoms with Gasteiger partial charge in [0.05, 0.1) is 27.4 Å². The van der Waals surface area contributed by atoms with Crippen LogP contribution in [0.1, 0.15) is 0 Å². The molecule has 0 aromatic carbocycles. The lowest BCUT2D eigenvalue weighted by Gasteiger charge is -2.21. The Balaban J connectivity index is 2.62. The van der Waals surface area contributed by atoms with E-state index in [-0.39, 0.29) is 0 Å². The Morgan fingerprint density at radius 2 is 1.80 bits per heavy atom. The van der Waals surface area contributed by atoms with Gasteiger partial charge in [0.25, 0.3) is 0 Å². The molecule has 1 aliphatic heterocycles. The molecule has 1 aliphatic rings. The third-order valence-corrected chi connectivity index (χ3v) is 1.94. The summed E-state index contributed by atoms with van der Waals surface area (Å²) < 4.78 is 23.1. The fraction of sp³-hybridized carbons (Fsp3) is 0. The molecule has 0 aromatic heterocycles. The van der Waals surface area contributed by atoms with E-state index in [9.17, 15) is 8.76 Å². The lowest BCUT2D eigenvalue weighted by molar-refractivity contribution is 0.491. The Morgan fingerprint density at radius 3 is 2.20 bits per heavy atom. The summed E-state index contributed by atoms with van der Waals surface area (Å²) in [5, 5.41) is 0. The molecule has 1 heterocycles. The van der Waals surface area contributed by atoms with E-state index in [0.717, 1.165) is 4.31 Å². The maximum Gasteiger partial charge on any atom is 0.0540 e. The van der Waals surface area contributed by atoms with Crippen molar-refractivity contribution in [3.8, 4) is 0 Å². The van der Waals surface area contributed by atoms with Gasteiger partial charge in [-0.15, -0.1) is 0 Å². The summed E-state index contributed by atoms with van der Waals surface area (Å²) in [5.41, 5.74) is 0. The second kappa shape index (κ2) is 3.18. The number of hydrogen-bond donors (Lipinski definition) is 0. The van der Waals surface area contributed by atoms with Crippen molar-refractivity contribution in [3.05, 3.63) is 24.8 Å². The lowest BCUT2D eigenvalue weighted by Crippen LogP contribution is -2.16. The molecule has 1 atom stereocenters. The van der Waals surface area contributed by atoms with Crippen LogP contribution in [0.3, 0.4) is 0 Å². The monoisotopic (exact) mass is 223 g/mol. The van der Waals surface area contributed by atoms with Gasteiger partial charge < -0.3 is 4.55 Å². The maximum atomic E-state index is 10.3. The van der Waals surface area contributed by atoms with Crippen LogP contribution in [0.25, 0.3) is 0 Å². The number of hydrogen-bond acceptors (Lipinski definition) is 3. The van der Waals surface area contributed by atoms with Crippen molar-refractivity contribution in [1.82, 2.24) is 8.23 Å². The Hall–Kier alpha value is -0.330. The minimum absolute atomic E-state index is 1.05. The van der Waals surface area contributed by atoms with Crippen LogP contribution in [0, 0.1) is 0 Å². The molecule has 0 fully saturated rings. The lowest BCUT2D eigenvalue weighted by atomic mass is 10.7. The minimum Gasteiger partial charge on any atom is -0.755 e. The van der Waals surface area contributed by atoms with Crippen LogP contribution in [-0.4, -0.2) is 17.0 Å². The summed E-state index contributed by atoms with van der Waals surface area (Å²) in [6.07, 6.45) is 5.96. The van der Waals surface area contributed by atoms with Crippen molar-refractivity contribution in [2.75, 3.05) is 0 Å². The van der Waals surface area contributed by atoms with E-state index in [1.54, 1.807) is 16.3 Å². The molecule has 0 aromatic rings. The van der Waals surface area contributed by atoms with E-state index in [2.05, 4.69) is 16.1 Å². The van der Waals surface area contributed by atoms with Crippen molar-refractivity contribution in [2.45, 2.75) is 0 Å². The van der Waals surface area contributed by atoms with Gasteiger partial charge in [0.2, 0.25) is 0 Å². The SMILES string of the molecule is O=S([O-])N1C=CN(Br)C=C1. The number of nitrogens with zero attached hydrogens (tertiary/aromatic N) is 2. The van der Waals surface area contributed by atoms with Gasteiger partial charge in [-0.2, -0.15) is 0 Å². The zero-order chi connectivity index (χ0) is 7.56. The zero-order valence-electron chi connectivity index (χ0n) is 4.81. The molecular weight excluding hydrogens is 220 g/mol. The fourth-order valence-electron chi connectivity index (χ4n) is 0.458. The van der Waals surface area contributed by atoms with E-state index in [4.69, 9.17) is 0 Å². The van der Waals surface area contributed by atoms with Crippen LogP contribution in [0.4, 0.5) is 0 Å². The first kappa shape index (κ1) is 7.77. The van der Waals surface area contributed by atoms with Crippen LogP contribution in [0.2, 0.25) is 0 Å². The van der Waals surface area contributed by atoms with E-state index in [1.807, 2.05) is 0 Å². The molecule has 6 heteroatoms. The highest BCUT2D eigenvalue weighted by atomic mass is 79.9. The Bertz CT molecular complexity index is 191. The molecule has 0 saturated heterocycles. The molecule has 10 heavy (non-hydrogen) atoms. The molecule has 1 unspecified atom stereocenters. The first-order valence-electron chi connectivity index (χ1n) is 2.38. The van der Waals surface area contributed by atoms with E-state index in [0.29, 0.717) is 0 Å². The summed E-state index contributed by atoms with van der Waals surface area (Å²) in [6.45, 7) is 0. The maximum absolute atomic E-state index is 10.3. The second-order valence-electron chi connectivity index (χ2n) is 1.52. The van der Waals surface area contributed by atoms with E-state index in [1.165, 1.54) is 12.4 Å². The average molecular weight is 224 g/mol. The summed E-state index contributed by atoms with van der Waals surface area (Å²) >= 11 is 0.892. The fourth-order valence-corrected chi connectivity index (χ4v) is 0.977. The minimum atomic E-state index is -2.20. The molecule has 4 nitrogen and oxygen atoms in total. The highest BCUT2D eigenvalue weighted by Crippen LogP contribution is 2.08. The van der Waals surface area contributed by atoms with Gasteiger partial charge in [-0.3, -0.25) is 12.4 Å². The van der Waals surface area contributed by atoms with Crippen molar-refractivity contribution < 1.29 is 8.76 Å². The van der Waals surface area contributed by atoms with Gasteiger partial charge in [-0.05, 0) is 0 Å². The third-order valence-electron chi connectivity index (χ3n) is 0.884. The van der Waals surface area contributed by atoms with Crippen molar-refractivity contribution >= 4 is 27.4 Å². The molecular formula is C4H4BrN2O2S-. The molecule has 0 saturated carbocycles. The van der Waals surface area contributed by atoms with Gasteiger partial charge in [-0.25, -0.2) is 0 Å². The smallest absolute Gasteiger partial charge is 0.0540 e.